The van der Waals surface area contributed by atoms with Crippen LogP contribution in [0, 0.1) is 5.92 Å². The number of nitrogens with one attached hydrogen (secondary N) is 2. The molecule has 0 aliphatic carbocycles. The summed E-state index contributed by atoms with van der Waals surface area (Å²) >= 11 is 1.83. The SMILES string of the molecule is CC1NCCC1CNCc1cccs1. The van der Waals surface area contributed by atoms with E-state index < -0.39 is 0 Å². The first-order valence-electron chi connectivity index (χ1n) is 5.33. The van der Waals surface area contributed by atoms with E-state index in [1.54, 1.807) is 0 Å². The van der Waals surface area contributed by atoms with Gasteiger partial charge in [0, 0.05) is 17.5 Å². The highest BCUT2D eigenvalue weighted by atomic mass is 32.1. The summed E-state index contributed by atoms with van der Waals surface area (Å²) in [6.45, 7) is 5.64. The van der Waals surface area contributed by atoms with Gasteiger partial charge in [0.2, 0.25) is 0 Å². The monoisotopic (exact) mass is 210 g/mol. The summed E-state index contributed by atoms with van der Waals surface area (Å²) in [5, 5.41) is 9.14. The summed E-state index contributed by atoms with van der Waals surface area (Å²) in [4.78, 5) is 1.43. The lowest BCUT2D eigenvalue weighted by Crippen LogP contribution is -2.30. The molecule has 0 amide bonds. The standard InChI is InChI=1S/C11H18N2S/c1-9-10(4-5-13-9)7-12-8-11-3-2-6-14-11/h2-3,6,9-10,12-13H,4-5,7-8H2,1H3. The molecule has 1 aliphatic rings. The summed E-state index contributed by atoms with van der Waals surface area (Å²) < 4.78 is 0. The van der Waals surface area contributed by atoms with Crippen LogP contribution >= 0.6 is 11.3 Å². The maximum absolute atomic E-state index is 3.53. The van der Waals surface area contributed by atoms with Gasteiger partial charge in [-0.25, -0.2) is 0 Å². The second-order valence-corrected chi connectivity index (χ2v) is 5.03. The topological polar surface area (TPSA) is 24.1 Å². The molecule has 0 aromatic carbocycles. The van der Waals surface area contributed by atoms with Gasteiger partial charge in [-0.1, -0.05) is 6.07 Å². The van der Waals surface area contributed by atoms with E-state index in [-0.39, 0.29) is 0 Å². The van der Waals surface area contributed by atoms with Crippen LogP contribution in [0.1, 0.15) is 18.2 Å². The maximum Gasteiger partial charge on any atom is 0.0299 e. The molecule has 2 atom stereocenters. The van der Waals surface area contributed by atoms with Gasteiger partial charge >= 0.3 is 0 Å². The van der Waals surface area contributed by atoms with Gasteiger partial charge in [0.25, 0.3) is 0 Å². The average Bonchev–Trinajstić information content (AvgIpc) is 2.78. The van der Waals surface area contributed by atoms with Crippen molar-refractivity contribution in [2.75, 3.05) is 13.1 Å². The van der Waals surface area contributed by atoms with Crippen molar-refractivity contribution in [1.29, 1.82) is 0 Å². The van der Waals surface area contributed by atoms with Gasteiger partial charge in [0.1, 0.15) is 0 Å². The smallest absolute Gasteiger partial charge is 0.0299 e. The lowest BCUT2D eigenvalue weighted by atomic mass is 10.0. The van der Waals surface area contributed by atoms with Crippen molar-refractivity contribution in [3.8, 4) is 0 Å². The summed E-state index contributed by atoms with van der Waals surface area (Å²) in [6, 6.07) is 4.99. The Morgan fingerprint density at radius 2 is 2.57 bits per heavy atom. The van der Waals surface area contributed by atoms with Crippen LogP contribution in [0.15, 0.2) is 17.5 Å². The summed E-state index contributed by atoms with van der Waals surface area (Å²) in [6.07, 6.45) is 1.32. The Balaban J connectivity index is 1.68. The molecule has 0 bridgehead atoms. The molecule has 1 saturated heterocycles. The fraction of sp³-hybridized carbons (Fsp3) is 0.636. The highest BCUT2D eigenvalue weighted by Crippen LogP contribution is 2.14. The Labute approximate surface area is 89.7 Å². The zero-order valence-electron chi connectivity index (χ0n) is 8.62. The van der Waals surface area contributed by atoms with Gasteiger partial charge in [-0.05, 0) is 43.8 Å². The molecular weight excluding hydrogens is 192 g/mol. The number of rotatable bonds is 4. The van der Waals surface area contributed by atoms with Crippen LogP contribution in [0.2, 0.25) is 0 Å². The molecule has 14 heavy (non-hydrogen) atoms. The molecule has 2 heterocycles. The quantitative estimate of drug-likeness (QED) is 0.792. The van der Waals surface area contributed by atoms with E-state index in [4.69, 9.17) is 0 Å². The van der Waals surface area contributed by atoms with Crippen molar-refractivity contribution in [2.45, 2.75) is 25.9 Å². The van der Waals surface area contributed by atoms with Crippen molar-refractivity contribution in [3.63, 3.8) is 0 Å². The maximum atomic E-state index is 3.53. The third kappa shape index (κ3) is 2.56. The third-order valence-corrected chi connectivity index (χ3v) is 3.85. The average molecular weight is 210 g/mol. The van der Waals surface area contributed by atoms with Crippen molar-refractivity contribution in [2.24, 2.45) is 5.92 Å². The minimum absolute atomic E-state index is 0.686. The fourth-order valence-corrected chi connectivity index (χ4v) is 2.66. The molecule has 2 nitrogen and oxygen atoms in total. The second-order valence-electron chi connectivity index (χ2n) is 4.00. The Morgan fingerprint density at radius 3 is 3.21 bits per heavy atom. The van der Waals surface area contributed by atoms with Crippen molar-refractivity contribution >= 4 is 11.3 Å². The van der Waals surface area contributed by atoms with E-state index >= 15 is 0 Å². The molecule has 0 saturated carbocycles. The van der Waals surface area contributed by atoms with Crippen LogP contribution in [0.4, 0.5) is 0 Å². The van der Waals surface area contributed by atoms with Gasteiger partial charge in [-0.15, -0.1) is 11.3 Å². The number of thiophene rings is 1. The predicted molar refractivity (Wildman–Crippen MR) is 61.6 cm³/mol. The van der Waals surface area contributed by atoms with E-state index in [1.807, 2.05) is 11.3 Å². The second kappa shape index (κ2) is 4.91. The first-order valence-corrected chi connectivity index (χ1v) is 6.20. The van der Waals surface area contributed by atoms with Crippen LogP contribution in [0.3, 0.4) is 0 Å². The molecule has 1 fully saturated rings. The molecule has 0 spiro atoms. The fourth-order valence-electron chi connectivity index (χ4n) is 1.99. The molecule has 1 aromatic rings. The minimum atomic E-state index is 0.686. The lowest BCUT2D eigenvalue weighted by molar-refractivity contribution is 0.440. The summed E-state index contributed by atoms with van der Waals surface area (Å²) in [7, 11) is 0. The lowest BCUT2D eigenvalue weighted by Gasteiger charge is -2.15. The highest BCUT2D eigenvalue weighted by Gasteiger charge is 2.21. The molecule has 0 radical (unpaired) electrons. The van der Waals surface area contributed by atoms with Gasteiger partial charge < -0.3 is 10.6 Å². The Hall–Kier alpha value is -0.380. The highest BCUT2D eigenvalue weighted by molar-refractivity contribution is 7.09. The zero-order chi connectivity index (χ0) is 9.80. The molecular formula is C11H18N2S. The largest absolute Gasteiger partial charge is 0.314 e. The Bertz CT molecular complexity index is 258. The first-order chi connectivity index (χ1) is 6.86. The van der Waals surface area contributed by atoms with E-state index in [9.17, 15) is 0 Å². The van der Waals surface area contributed by atoms with Gasteiger partial charge in [-0.3, -0.25) is 0 Å². The molecule has 2 rings (SSSR count). The van der Waals surface area contributed by atoms with E-state index in [0.717, 1.165) is 19.0 Å². The molecule has 78 valence electrons. The Kier molecular flexibility index (Phi) is 3.56. The van der Waals surface area contributed by atoms with Crippen molar-refractivity contribution in [1.82, 2.24) is 10.6 Å². The summed E-state index contributed by atoms with van der Waals surface area (Å²) in [5.41, 5.74) is 0. The first kappa shape index (κ1) is 10.1. The molecule has 1 aromatic heterocycles. The molecule has 1 aliphatic heterocycles. The minimum Gasteiger partial charge on any atom is -0.314 e. The van der Waals surface area contributed by atoms with Crippen LogP contribution in [0.25, 0.3) is 0 Å². The van der Waals surface area contributed by atoms with Crippen LogP contribution in [0.5, 0.6) is 0 Å². The van der Waals surface area contributed by atoms with E-state index in [2.05, 4.69) is 35.1 Å². The van der Waals surface area contributed by atoms with Gasteiger partial charge in [0.15, 0.2) is 0 Å². The van der Waals surface area contributed by atoms with E-state index in [0.29, 0.717) is 6.04 Å². The van der Waals surface area contributed by atoms with Crippen LogP contribution in [-0.4, -0.2) is 19.1 Å². The third-order valence-electron chi connectivity index (χ3n) is 2.97. The normalized spacial score (nSPS) is 26.9. The molecule has 2 unspecified atom stereocenters. The number of hydrogen-bond acceptors (Lipinski definition) is 3. The van der Waals surface area contributed by atoms with Crippen molar-refractivity contribution < 1.29 is 0 Å². The van der Waals surface area contributed by atoms with E-state index in [1.165, 1.54) is 17.8 Å². The zero-order valence-corrected chi connectivity index (χ0v) is 9.44. The molecule has 2 N–H and O–H groups in total. The van der Waals surface area contributed by atoms with Gasteiger partial charge in [0.05, 0.1) is 0 Å². The number of hydrogen-bond donors (Lipinski definition) is 2. The van der Waals surface area contributed by atoms with Crippen LogP contribution in [-0.2, 0) is 6.54 Å². The summed E-state index contributed by atoms with van der Waals surface area (Å²) in [5.74, 6) is 0.815. The predicted octanol–water partition coefficient (Wildman–Crippen LogP) is 1.84. The molecule has 3 heteroatoms. The van der Waals surface area contributed by atoms with Gasteiger partial charge in [-0.2, -0.15) is 0 Å². The Morgan fingerprint density at radius 1 is 1.64 bits per heavy atom. The van der Waals surface area contributed by atoms with Crippen LogP contribution < -0.4 is 10.6 Å². The van der Waals surface area contributed by atoms with Crippen molar-refractivity contribution in [3.05, 3.63) is 22.4 Å².